The topological polar surface area (TPSA) is 80.8 Å². The normalized spacial score (nSPS) is 22.0. The van der Waals surface area contributed by atoms with Gasteiger partial charge in [-0.1, -0.05) is 39.0 Å². The number of fused-ring (bicyclic) bond motifs is 1. The van der Waals surface area contributed by atoms with Crippen LogP contribution in [0.15, 0.2) is 36.4 Å². The van der Waals surface area contributed by atoms with E-state index < -0.39 is 11.4 Å². The van der Waals surface area contributed by atoms with Crippen molar-refractivity contribution in [1.82, 2.24) is 0 Å². The van der Waals surface area contributed by atoms with Gasteiger partial charge in [0, 0.05) is 5.41 Å². The molecule has 2 amide bonds. The highest BCUT2D eigenvalue weighted by molar-refractivity contribution is 6.22. The van der Waals surface area contributed by atoms with E-state index in [9.17, 15) is 19.2 Å². The number of ketones is 1. The van der Waals surface area contributed by atoms with E-state index in [-0.39, 0.29) is 41.6 Å². The maximum Gasteiger partial charge on any atom is 0.338 e. The van der Waals surface area contributed by atoms with Crippen molar-refractivity contribution in [2.75, 3.05) is 11.5 Å². The molecule has 3 rings (SSSR count). The summed E-state index contributed by atoms with van der Waals surface area (Å²) in [7, 11) is 0. The number of carbonyl (C=O) groups is 4. The summed E-state index contributed by atoms with van der Waals surface area (Å²) in [5.41, 5.74) is -0.0419. The molecule has 0 N–H and O–H groups in total. The molecule has 6 nitrogen and oxygen atoms in total. The van der Waals surface area contributed by atoms with Crippen molar-refractivity contribution in [3.05, 3.63) is 42.0 Å². The first-order chi connectivity index (χ1) is 12.7. The van der Waals surface area contributed by atoms with E-state index >= 15 is 0 Å². The Kier molecular flexibility index (Phi) is 5.00. The molecular weight excluding hydrogens is 346 g/mol. The third-order valence-corrected chi connectivity index (χ3v) is 5.02. The predicted molar refractivity (Wildman–Crippen MR) is 99.0 cm³/mol. The molecule has 27 heavy (non-hydrogen) atoms. The van der Waals surface area contributed by atoms with Crippen molar-refractivity contribution < 1.29 is 23.9 Å². The number of anilines is 1. The largest absolute Gasteiger partial charge is 0.454 e. The van der Waals surface area contributed by atoms with Gasteiger partial charge in [-0.2, -0.15) is 0 Å². The Hall–Kier alpha value is -2.76. The van der Waals surface area contributed by atoms with Crippen LogP contribution in [0.25, 0.3) is 0 Å². The molecule has 1 heterocycles. The summed E-state index contributed by atoms with van der Waals surface area (Å²) in [6.07, 6.45) is 4.97. The van der Waals surface area contributed by atoms with Crippen LogP contribution in [0.1, 0.15) is 44.0 Å². The molecule has 1 aliphatic carbocycles. The number of Topliss-reactive ketones (excluding diaryl/α,β-unsaturated/α-hetero) is 1. The Morgan fingerprint density at radius 2 is 1.67 bits per heavy atom. The fourth-order valence-corrected chi connectivity index (χ4v) is 3.26. The minimum atomic E-state index is -0.660. The molecule has 0 radical (unpaired) electrons. The standard InChI is InChI=1S/C21H23NO5/c1-21(2,3)17(23)12-27-20(26)13-7-6-8-14(11-13)22-18(24)15-9-4-5-10-16(15)19(22)25/h4-8,11,15-16H,9-10,12H2,1-3H3/t15-,16-/m1/s1. The number of imide groups is 1. The van der Waals surface area contributed by atoms with Crippen molar-refractivity contribution in [3.8, 4) is 0 Å². The van der Waals surface area contributed by atoms with Gasteiger partial charge >= 0.3 is 5.97 Å². The highest BCUT2D eigenvalue weighted by atomic mass is 16.5. The quantitative estimate of drug-likeness (QED) is 0.463. The number of ether oxygens (including phenoxy) is 1. The van der Waals surface area contributed by atoms with Crippen molar-refractivity contribution >= 4 is 29.3 Å². The first kappa shape index (κ1) is 19.0. The van der Waals surface area contributed by atoms with Gasteiger partial charge in [0.1, 0.15) is 0 Å². The molecule has 1 fully saturated rings. The lowest BCUT2D eigenvalue weighted by Crippen LogP contribution is -2.31. The minimum absolute atomic E-state index is 0.187. The number of hydrogen-bond acceptors (Lipinski definition) is 5. The van der Waals surface area contributed by atoms with Crippen LogP contribution < -0.4 is 4.90 Å². The SMILES string of the molecule is CC(C)(C)C(=O)COC(=O)c1cccc(N2C(=O)[C@@H]3CC=CC[C@H]3C2=O)c1. The average molecular weight is 369 g/mol. The summed E-state index contributed by atoms with van der Waals surface area (Å²) in [6, 6.07) is 6.22. The van der Waals surface area contributed by atoms with E-state index in [1.165, 1.54) is 17.0 Å². The van der Waals surface area contributed by atoms with Crippen molar-refractivity contribution in [2.24, 2.45) is 17.3 Å². The van der Waals surface area contributed by atoms with Gasteiger partial charge in [0.15, 0.2) is 12.4 Å². The number of carbonyl (C=O) groups excluding carboxylic acids is 4. The van der Waals surface area contributed by atoms with E-state index in [0.717, 1.165) is 0 Å². The zero-order valence-electron chi connectivity index (χ0n) is 15.7. The highest BCUT2D eigenvalue weighted by Gasteiger charge is 2.47. The summed E-state index contributed by atoms with van der Waals surface area (Å²) < 4.78 is 5.10. The van der Waals surface area contributed by atoms with Gasteiger partial charge in [-0.3, -0.25) is 19.3 Å². The molecule has 6 heteroatoms. The van der Waals surface area contributed by atoms with Crippen molar-refractivity contribution in [2.45, 2.75) is 33.6 Å². The van der Waals surface area contributed by atoms with Gasteiger partial charge in [0.25, 0.3) is 0 Å². The zero-order chi connectivity index (χ0) is 19.8. The summed E-state index contributed by atoms with van der Waals surface area (Å²) in [5, 5.41) is 0. The lowest BCUT2D eigenvalue weighted by atomic mass is 9.85. The van der Waals surface area contributed by atoms with Crippen LogP contribution in [0.4, 0.5) is 5.69 Å². The Morgan fingerprint density at radius 3 is 2.22 bits per heavy atom. The summed E-state index contributed by atoms with van der Waals surface area (Å²) in [6.45, 7) is 4.94. The van der Waals surface area contributed by atoms with Crippen LogP contribution in [-0.4, -0.2) is 30.2 Å². The van der Waals surface area contributed by atoms with Crippen molar-refractivity contribution in [3.63, 3.8) is 0 Å². The van der Waals surface area contributed by atoms with E-state index in [1.54, 1.807) is 32.9 Å². The van der Waals surface area contributed by atoms with Gasteiger partial charge < -0.3 is 4.74 Å². The monoisotopic (exact) mass is 369 g/mol. The lowest BCUT2D eigenvalue weighted by molar-refractivity contribution is -0.129. The van der Waals surface area contributed by atoms with Gasteiger partial charge in [-0.25, -0.2) is 4.79 Å². The number of rotatable bonds is 4. The van der Waals surface area contributed by atoms with Gasteiger partial charge in [-0.05, 0) is 31.0 Å². The molecule has 0 aromatic heterocycles. The Bertz CT molecular complexity index is 807. The average Bonchev–Trinajstić information content (AvgIpc) is 2.90. The third-order valence-electron chi connectivity index (χ3n) is 5.02. The number of nitrogens with zero attached hydrogens (tertiary/aromatic N) is 1. The Balaban J connectivity index is 1.76. The van der Waals surface area contributed by atoms with E-state index in [0.29, 0.717) is 18.5 Å². The highest BCUT2D eigenvalue weighted by Crippen LogP contribution is 2.37. The fourth-order valence-electron chi connectivity index (χ4n) is 3.26. The molecule has 1 aromatic rings. The van der Waals surface area contributed by atoms with Crippen LogP contribution >= 0.6 is 0 Å². The maximum absolute atomic E-state index is 12.7. The first-order valence-electron chi connectivity index (χ1n) is 9.03. The second-order valence-corrected chi connectivity index (χ2v) is 7.97. The second-order valence-electron chi connectivity index (χ2n) is 7.97. The first-order valence-corrected chi connectivity index (χ1v) is 9.03. The van der Waals surface area contributed by atoms with Crippen LogP contribution in [0.3, 0.4) is 0 Å². The number of esters is 1. The van der Waals surface area contributed by atoms with Crippen LogP contribution in [0.2, 0.25) is 0 Å². The van der Waals surface area contributed by atoms with E-state index in [2.05, 4.69) is 0 Å². The Labute approximate surface area is 158 Å². The number of amides is 2. The molecule has 1 aromatic carbocycles. The molecule has 2 aliphatic rings. The molecule has 142 valence electrons. The summed E-state index contributed by atoms with van der Waals surface area (Å²) >= 11 is 0. The number of benzene rings is 1. The van der Waals surface area contributed by atoms with Crippen LogP contribution in [0, 0.1) is 17.3 Å². The van der Waals surface area contributed by atoms with Gasteiger partial charge in [-0.15, -0.1) is 0 Å². The zero-order valence-corrected chi connectivity index (χ0v) is 15.7. The van der Waals surface area contributed by atoms with E-state index in [4.69, 9.17) is 4.74 Å². The minimum Gasteiger partial charge on any atom is -0.454 e. The van der Waals surface area contributed by atoms with Crippen molar-refractivity contribution in [1.29, 1.82) is 0 Å². The predicted octanol–water partition coefficient (Wildman–Crippen LogP) is 2.91. The number of hydrogen-bond donors (Lipinski definition) is 0. The third kappa shape index (κ3) is 3.70. The fraction of sp³-hybridized carbons (Fsp3) is 0.429. The smallest absolute Gasteiger partial charge is 0.338 e. The van der Waals surface area contributed by atoms with Crippen LogP contribution in [0.5, 0.6) is 0 Å². The van der Waals surface area contributed by atoms with Gasteiger partial charge in [0.2, 0.25) is 11.8 Å². The molecule has 1 saturated heterocycles. The maximum atomic E-state index is 12.7. The molecule has 0 spiro atoms. The molecule has 0 unspecified atom stereocenters. The molecule has 0 bridgehead atoms. The Morgan fingerprint density at radius 1 is 1.07 bits per heavy atom. The number of allylic oxidation sites excluding steroid dienone is 2. The lowest BCUT2D eigenvalue weighted by Gasteiger charge is -2.17. The second kappa shape index (κ2) is 7.10. The summed E-state index contributed by atoms with van der Waals surface area (Å²) in [4.78, 5) is 50.7. The van der Waals surface area contributed by atoms with Crippen LogP contribution in [-0.2, 0) is 19.1 Å². The molecule has 0 saturated carbocycles. The summed E-state index contributed by atoms with van der Waals surface area (Å²) in [5.74, 6) is -1.98. The molecular formula is C21H23NO5. The molecule has 2 atom stereocenters. The van der Waals surface area contributed by atoms with E-state index in [1.807, 2.05) is 12.2 Å². The molecule has 1 aliphatic heterocycles. The van der Waals surface area contributed by atoms with Gasteiger partial charge in [0.05, 0.1) is 23.1 Å².